The second kappa shape index (κ2) is 7.89. The SMILES string of the molecule is Cc1cc(C(C)(C)C)cc(C)c1S(=O)(=O)N1CCN(C(=O)C(C)CN)CC1. The van der Waals surface area contributed by atoms with Crippen LogP contribution in [0.25, 0.3) is 0 Å². The number of hydrogen-bond donors (Lipinski definition) is 1. The lowest BCUT2D eigenvalue weighted by Gasteiger charge is -2.35. The molecule has 0 bridgehead atoms. The van der Waals surface area contributed by atoms with Crippen LogP contribution in [-0.4, -0.2) is 56.3 Å². The molecule has 1 aliphatic heterocycles. The summed E-state index contributed by atoms with van der Waals surface area (Å²) in [6.45, 7) is 13.6. The molecule has 0 saturated carbocycles. The standard InChI is InChI=1S/C20H33N3O3S/c1-14-11-17(20(4,5)6)12-15(2)18(14)27(25,26)23-9-7-22(8-10-23)19(24)16(3)13-21/h11-12,16H,7-10,13,21H2,1-6H3. The Morgan fingerprint density at radius 2 is 1.59 bits per heavy atom. The molecular weight excluding hydrogens is 362 g/mol. The molecular formula is C20H33N3O3S. The zero-order valence-electron chi connectivity index (χ0n) is 17.4. The zero-order valence-corrected chi connectivity index (χ0v) is 18.2. The Kier molecular flexibility index (Phi) is 6.39. The molecule has 1 saturated heterocycles. The van der Waals surface area contributed by atoms with Gasteiger partial charge in [-0.15, -0.1) is 0 Å². The summed E-state index contributed by atoms with van der Waals surface area (Å²) in [5.41, 5.74) is 8.21. The van der Waals surface area contributed by atoms with Gasteiger partial charge in [-0.1, -0.05) is 39.8 Å². The molecule has 1 heterocycles. The molecule has 1 aromatic carbocycles. The number of carbonyl (C=O) groups excluding carboxylic acids is 1. The summed E-state index contributed by atoms with van der Waals surface area (Å²) >= 11 is 0. The number of hydrogen-bond acceptors (Lipinski definition) is 4. The third-order valence-electron chi connectivity index (χ3n) is 5.25. The van der Waals surface area contributed by atoms with Crippen molar-refractivity contribution in [1.29, 1.82) is 0 Å². The molecule has 27 heavy (non-hydrogen) atoms. The number of amides is 1. The number of piperazine rings is 1. The molecule has 152 valence electrons. The minimum Gasteiger partial charge on any atom is -0.340 e. The number of nitrogens with two attached hydrogens (primary N) is 1. The highest BCUT2D eigenvalue weighted by atomic mass is 32.2. The predicted molar refractivity (Wildman–Crippen MR) is 108 cm³/mol. The van der Waals surface area contributed by atoms with E-state index in [1.165, 1.54) is 4.31 Å². The summed E-state index contributed by atoms with van der Waals surface area (Å²) in [6, 6.07) is 3.95. The van der Waals surface area contributed by atoms with Crippen molar-refractivity contribution in [3.63, 3.8) is 0 Å². The molecule has 1 unspecified atom stereocenters. The highest BCUT2D eigenvalue weighted by molar-refractivity contribution is 7.89. The maximum absolute atomic E-state index is 13.3. The van der Waals surface area contributed by atoms with Crippen LogP contribution in [0.5, 0.6) is 0 Å². The first-order valence-electron chi connectivity index (χ1n) is 9.50. The van der Waals surface area contributed by atoms with E-state index >= 15 is 0 Å². The van der Waals surface area contributed by atoms with E-state index in [2.05, 4.69) is 20.8 Å². The van der Waals surface area contributed by atoms with Crippen LogP contribution >= 0.6 is 0 Å². The molecule has 1 aromatic rings. The van der Waals surface area contributed by atoms with E-state index in [9.17, 15) is 13.2 Å². The average Bonchev–Trinajstić information content (AvgIpc) is 2.58. The Hall–Kier alpha value is -1.44. The van der Waals surface area contributed by atoms with Gasteiger partial charge in [-0.05, 0) is 36.0 Å². The first-order valence-corrected chi connectivity index (χ1v) is 10.9. The van der Waals surface area contributed by atoms with E-state index in [0.29, 0.717) is 37.6 Å². The maximum atomic E-state index is 13.3. The van der Waals surface area contributed by atoms with Crippen molar-refractivity contribution in [1.82, 2.24) is 9.21 Å². The highest BCUT2D eigenvalue weighted by Gasteiger charge is 2.33. The van der Waals surface area contributed by atoms with E-state index in [0.717, 1.165) is 16.7 Å². The van der Waals surface area contributed by atoms with Gasteiger partial charge in [0.05, 0.1) is 4.90 Å². The van der Waals surface area contributed by atoms with Crippen molar-refractivity contribution >= 4 is 15.9 Å². The predicted octanol–water partition coefficient (Wildman–Crippen LogP) is 2.03. The number of rotatable bonds is 4. The largest absolute Gasteiger partial charge is 0.340 e. The second-order valence-electron chi connectivity index (χ2n) is 8.56. The Morgan fingerprint density at radius 3 is 2.00 bits per heavy atom. The van der Waals surface area contributed by atoms with Crippen molar-refractivity contribution < 1.29 is 13.2 Å². The fourth-order valence-electron chi connectivity index (χ4n) is 3.48. The molecule has 1 atom stereocenters. The van der Waals surface area contributed by atoms with Crippen molar-refractivity contribution in [3.05, 3.63) is 28.8 Å². The van der Waals surface area contributed by atoms with Gasteiger partial charge in [0.1, 0.15) is 0 Å². The van der Waals surface area contributed by atoms with Crippen LogP contribution < -0.4 is 5.73 Å². The fraction of sp³-hybridized carbons (Fsp3) is 0.650. The number of benzene rings is 1. The van der Waals surface area contributed by atoms with Gasteiger partial charge in [-0.2, -0.15) is 4.31 Å². The van der Waals surface area contributed by atoms with Crippen LogP contribution in [0.15, 0.2) is 17.0 Å². The van der Waals surface area contributed by atoms with E-state index < -0.39 is 10.0 Å². The van der Waals surface area contributed by atoms with Crippen molar-refractivity contribution in [2.45, 2.75) is 51.9 Å². The summed E-state index contributed by atoms with van der Waals surface area (Å²) in [5.74, 6) is -0.237. The topological polar surface area (TPSA) is 83.7 Å². The summed E-state index contributed by atoms with van der Waals surface area (Å²) in [4.78, 5) is 14.4. The molecule has 0 radical (unpaired) electrons. The smallest absolute Gasteiger partial charge is 0.243 e. The van der Waals surface area contributed by atoms with Crippen LogP contribution in [-0.2, 0) is 20.2 Å². The molecule has 2 N–H and O–H groups in total. The average molecular weight is 396 g/mol. The third kappa shape index (κ3) is 4.52. The zero-order chi connectivity index (χ0) is 20.6. The molecule has 0 spiro atoms. The minimum atomic E-state index is -3.59. The van der Waals surface area contributed by atoms with Gasteiger partial charge in [-0.3, -0.25) is 4.79 Å². The van der Waals surface area contributed by atoms with Crippen LogP contribution in [0, 0.1) is 19.8 Å². The van der Waals surface area contributed by atoms with Crippen LogP contribution in [0.4, 0.5) is 0 Å². The number of carbonyl (C=O) groups is 1. The van der Waals surface area contributed by atoms with Gasteiger partial charge in [0.25, 0.3) is 0 Å². The first kappa shape index (κ1) is 21.9. The third-order valence-corrected chi connectivity index (χ3v) is 7.45. The Bertz CT molecular complexity index is 781. The van der Waals surface area contributed by atoms with Gasteiger partial charge in [-0.25, -0.2) is 8.42 Å². The van der Waals surface area contributed by atoms with Gasteiger partial charge in [0.2, 0.25) is 15.9 Å². The number of aryl methyl sites for hydroxylation is 2. The van der Waals surface area contributed by atoms with E-state index in [1.807, 2.05) is 26.0 Å². The lowest BCUT2D eigenvalue weighted by Crippen LogP contribution is -2.52. The Labute approximate surface area is 163 Å². The highest BCUT2D eigenvalue weighted by Crippen LogP contribution is 2.31. The molecule has 7 heteroatoms. The van der Waals surface area contributed by atoms with Crippen molar-refractivity contribution in [3.8, 4) is 0 Å². The number of sulfonamides is 1. The van der Waals surface area contributed by atoms with Crippen LogP contribution in [0.3, 0.4) is 0 Å². The summed E-state index contributed by atoms with van der Waals surface area (Å²) in [5, 5.41) is 0. The van der Waals surface area contributed by atoms with E-state index in [4.69, 9.17) is 5.73 Å². The molecule has 0 aromatic heterocycles. The van der Waals surface area contributed by atoms with E-state index in [1.54, 1.807) is 11.8 Å². The Morgan fingerprint density at radius 1 is 1.11 bits per heavy atom. The van der Waals surface area contributed by atoms with Gasteiger partial charge >= 0.3 is 0 Å². The molecule has 1 aliphatic rings. The normalized spacial score (nSPS) is 17.8. The van der Waals surface area contributed by atoms with Gasteiger partial charge in [0.15, 0.2) is 0 Å². The van der Waals surface area contributed by atoms with Crippen molar-refractivity contribution in [2.75, 3.05) is 32.7 Å². The minimum absolute atomic E-state index is 0.00330. The fourth-order valence-corrected chi connectivity index (χ4v) is 5.31. The van der Waals surface area contributed by atoms with Crippen molar-refractivity contribution in [2.24, 2.45) is 11.7 Å². The van der Waals surface area contributed by atoms with E-state index in [-0.39, 0.29) is 17.2 Å². The molecule has 2 rings (SSSR count). The Balaban J connectivity index is 2.25. The number of nitrogens with zero attached hydrogens (tertiary/aromatic N) is 2. The van der Waals surface area contributed by atoms with Gasteiger partial charge in [0, 0.05) is 38.6 Å². The summed E-state index contributed by atoms with van der Waals surface area (Å²) in [7, 11) is -3.59. The second-order valence-corrected chi connectivity index (χ2v) is 10.4. The first-order chi connectivity index (χ1) is 12.4. The quantitative estimate of drug-likeness (QED) is 0.845. The van der Waals surface area contributed by atoms with Crippen LogP contribution in [0.1, 0.15) is 44.4 Å². The lowest BCUT2D eigenvalue weighted by atomic mass is 9.85. The lowest BCUT2D eigenvalue weighted by molar-refractivity contribution is -0.135. The molecule has 1 fully saturated rings. The van der Waals surface area contributed by atoms with Gasteiger partial charge < -0.3 is 10.6 Å². The molecule has 0 aliphatic carbocycles. The molecule has 6 nitrogen and oxygen atoms in total. The summed E-state index contributed by atoms with van der Waals surface area (Å²) < 4.78 is 28.0. The maximum Gasteiger partial charge on any atom is 0.243 e. The summed E-state index contributed by atoms with van der Waals surface area (Å²) in [6.07, 6.45) is 0. The monoisotopic (exact) mass is 395 g/mol. The molecule has 1 amide bonds. The van der Waals surface area contributed by atoms with Crippen LogP contribution in [0.2, 0.25) is 0 Å².